The van der Waals surface area contributed by atoms with Gasteiger partial charge >= 0.3 is 0 Å². The summed E-state index contributed by atoms with van der Waals surface area (Å²) in [5.41, 5.74) is 1.04. The number of ketones is 1. The van der Waals surface area contributed by atoms with Gasteiger partial charge in [0.25, 0.3) is 0 Å². The first kappa shape index (κ1) is 9.71. The Kier molecular flexibility index (Phi) is 2.19. The molecule has 0 saturated heterocycles. The molecule has 4 heteroatoms. The fourth-order valence-electron chi connectivity index (χ4n) is 1.57. The summed E-state index contributed by atoms with van der Waals surface area (Å²) >= 11 is 0. The van der Waals surface area contributed by atoms with Crippen molar-refractivity contribution in [1.29, 1.82) is 0 Å². The van der Waals surface area contributed by atoms with Crippen LogP contribution in [0.25, 0.3) is 11.0 Å². The highest BCUT2D eigenvalue weighted by molar-refractivity contribution is 6.06. The average molecular weight is 207 g/mol. The van der Waals surface area contributed by atoms with E-state index in [-0.39, 0.29) is 17.4 Å². The molecule has 0 bridgehead atoms. The number of Topliss-reactive ketones (excluding diaryl/α,β-unsaturated/α-hetero) is 1. The van der Waals surface area contributed by atoms with Crippen molar-refractivity contribution < 1.29 is 13.6 Å². The van der Waals surface area contributed by atoms with Crippen LogP contribution in [0.3, 0.4) is 0 Å². The van der Waals surface area contributed by atoms with Crippen molar-refractivity contribution in [2.75, 3.05) is 12.4 Å². The number of nitrogens with one attached hydrogen (secondary N) is 1. The topological polar surface area (TPSA) is 42.2 Å². The number of carbonyl (C=O) groups excluding carboxylic acids is 1. The molecule has 3 nitrogen and oxygen atoms in total. The van der Waals surface area contributed by atoms with Crippen molar-refractivity contribution in [2.24, 2.45) is 0 Å². The van der Waals surface area contributed by atoms with Crippen LogP contribution in [0.1, 0.15) is 17.5 Å². The molecule has 2 rings (SSSR count). The average Bonchev–Trinajstić information content (AvgIpc) is 2.55. The first-order chi connectivity index (χ1) is 7.13. The Bertz CT molecular complexity index is 531. The second-order valence-electron chi connectivity index (χ2n) is 3.25. The Morgan fingerprint density at radius 2 is 2.20 bits per heavy atom. The highest BCUT2D eigenvalue weighted by atomic mass is 19.1. The summed E-state index contributed by atoms with van der Waals surface area (Å²) in [6, 6.07) is 4.16. The van der Waals surface area contributed by atoms with Gasteiger partial charge in [-0.05, 0) is 18.2 Å². The largest absolute Gasteiger partial charge is 0.451 e. The number of furan rings is 1. The van der Waals surface area contributed by atoms with Crippen molar-refractivity contribution in [1.82, 2.24) is 0 Å². The molecule has 0 aliphatic heterocycles. The predicted octanol–water partition coefficient (Wildman–Crippen LogP) is 2.82. The Labute approximate surface area is 85.9 Å². The minimum atomic E-state index is -0.352. The van der Waals surface area contributed by atoms with Gasteiger partial charge in [0.1, 0.15) is 11.4 Å². The van der Waals surface area contributed by atoms with Gasteiger partial charge in [-0.3, -0.25) is 4.79 Å². The lowest BCUT2D eigenvalue weighted by Gasteiger charge is -1.97. The number of anilines is 1. The zero-order valence-corrected chi connectivity index (χ0v) is 8.43. The molecular weight excluding hydrogens is 197 g/mol. The lowest BCUT2D eigenvalue weighted by Crippen LogP contribution is -1.96. The Morgan fingerprint density at radius 1 is 1.47 bits per heavy atom. The Morgan fingerprint density at radius 3 is 2.80 bits per heavy atom. The Hall–Kier alpha value is -1.84. The maximum Gasteiger partial charge on any atom is 0.197 e. The van der Waals surface area contributed by atoms with Gasteiger partial charge in [0.2, 0.25) is 0 Å². The highest BCUT2D eigenvalue weighted by Crippen LogP contribution is 2.31. The molecule has 0 spiro atoms. The molecule has 0 aliphatic carbocycles. The lowest BCUT2D eigenvalue weighted by atomic mass is 10.2. The SMILES string of the molecule is CNc1c(C(C)=O)oc2ccc(F)cc12. The molecule has 0 aliphatic rings. The van der Waals surface area contributed by atoms with E-state index in [1.807, 2.05) is 0 Å². The van der Waals surface area contributed by atoms with Crippen LogP contribution in [0, 0.1) is 5.82 Å². The second-order valence-corrected chi connectivity index (χ2v) is 3.25. The number of hydrogen-bond donors (Lipinski definition) is 1. The molecule has 0 unspecified atom stereocenters. The quantitative estimate of drug-likeness (QED) is 0.770. The zero-order valence-electron chi connectivity index (χ0n) is 8.43. The zero-order chi connectivity index (χ0) is 11.0. The van der Waals surface area contributed by atoms with Crippen LogP contribution >= 0.6 is 0 Å². The van der Waals surface area contributed by atoms with E-state index in [9.17, 15) is 9.18 Å². The van der Waals surface area contributed by atoms with Crippen molar-refractivity contribution in [3.63, 3.8) is 0 Å². The minimum Gasteiger partial charge on any atom is -0.451 e. The van der Waals surface area contributed by atoms with Crippen LogP contribution in [0.15, 0.2) is 22.6 Å². The molecule has 2 aromatic rings. The summed E-state index contributed by atoms with van der Waals surface area (Å²) in [5.74, 6) is -0.302. The molecule has 1 N–H and O–H groups in total. The fourth-order valence-corrected chi connectivity index (χ4v) is 1.57. The summed E-state index contributed by atoms with van der Waals surface area (Å²) in [4.78, 5) is 11.3. The predicted molar refractivity (Wildman–Crippen MR) is 55.7 cm³/mol. The highest BCUT2D eigenvalue weighted by Gasteiger charge is 2.16. The summed E-state index contributed by atoms with van der Waals surface area (Å²) in [5, 5.41) is 3.43. The van der Waals surface area contributed by atoms with Gasteiger partial charge in [0.15, 0.2) is 11.5 Å². The van der Waals surface area contributed by atoms with Crippen molar-refractivity contribution in [3.8, 4) is 0 Å². The standard InChI is InChI=1S/C11H10FNO2/c1-6(14)11-10(13-2)8-5-7(12)3-4-9(8)15-11/h3-5,13H,1-2H3. The first-order valence-electron chi connectivity index (χ1n) is 4.54. The summed E-state index contributed by atoms with van der Waals surface area (Å²) in [6.07, 6.45) is 0. The van der Waals surface area contributed by atoms with Crippen LogP contribution in [0.2, 0.25) is 0 Å². The number of rotatable bonds is 2. The molecule has 0 amide bonds. The van der Waals surface area contributed by atoms with Crippen LogP contribution in [-0.4, -0.2) is 12.8 Å². The summed E-state index contributed by atoms with van der Waals surface area (Å²) < 4.78 is 18.3. The van der Waals surface area contributed by atoms with Gasteiger partial charge in [0.05, 0.1) is 5.69 Å². The van der Waals surface area contributed by atoms with E-state index in [0.29, 0.717) is 16.7 Å². The smallest absolute Gasteiger partial charge is 0.197 e. The number of benzene rings is 1. The van der Waals surface area contributed by atoms with Crippen LogP contribution < -0.4 is 5.32 Å². The molecule has 1 aromatic heterocycles. The van der Waals surface area contributed by atoms with Crippen LogP contribution in [0.5, 0.6) is 0 Å². The third-order valence-corrected chi connectivity index (χ3v) is 2.22. The molecule has 0 atom stereocenters. The lowest BCUT2D eigenvalue weighted by molar-refractivity contribution is 0.0990. The summed E-state index contributed by atoms with van der Waals surface area (Å²) in [6.45, 7) is 1.41. The normalized spacial score (nSPS) is 10.6. The molecule has 78 valence electrons. The van der Waals surface area contributed by atoms with E-state index in [1.54, 1.807) is 7.05 Å². The minimum absolute atomic E-state index is 0.184. The molecule has 0 fully saturated rings. The van der Waals surface area contributed by atoms with E-state index in [0.717, 1.165) is 0 Å². The van der Waals surface area contributed by atoms with Crippen LogP contribution in [0.4, 0.5) is 10.1 Å². The van der Waals surface area contributed by atoms with E-state index >= 15 is 0 Å². The second kappa shape index (κ2) is 3.38. The van der Waals surface area contributed by atoms with Crippen molar-refractivity contribution in [2.45, 2.75) is 6.92 Å². The Balaban J connectivity index is 2.79. The molecule has 0 saturated carbocycles. The van der Waals surface area contributed by atoms with Gasteiger partial charge in [0, 0.05) is 19.4 Å². The molecule has 1 heterocycles. The van der Waals surface area contributed by atoms with Gasteiger partial charge in [-0.1, -0.05) is 0 Å². The maximum absolute atomic E-state index is 13.0. The van der Waals surface area contributed by atoms with Gasteiger partial charge in [-0.25, -0.2) is 4.39 Å². The van der Waals surface area contributed by atoms with Crippen molar-refractivity contribution in [3.05, 3.63) is 29.8 Å². The van der Waals surface area contributed by atoms with Crippen molar-refractivity contribution >= 4 is 22.4 Å². The van der Waals surface area contributed by atoms with E-state index in [1.165, 1.54) is 25.1 Å². The number of halogens is 1. The van der Waals surface area contributed by atoms with E-state index in [4.69, 9.17) is 4.42 Å². The molecular formula is C11H10FNO2. The first-order valence-corrected chi connectivity index (χ1v) is 4.54. The number of carbonyl (C=O) groups is 1. The summed E-state index contributed by atoms with van der Waals surface area (Å²) in [7, 11) is 1.67. The van der Waals surface area contributed by atoms with Gasteiger partial charge < -0.3 is 9.73 Å². The molecule has 1 aromatic carbocycles. The third-order valence-electron chi connectivity index (χ3n) is 2.22. The van der Waals surface area contributed by atoms with Gasteiger partial charge in [-0.2, -0.15) is 0 Å². The number of hydrogen-bond acceptors (Lipinski definition) is 3. The monoisotopic (exact) mass is 207 g/mol. The number of fused-ring (bicyclic) bond motifs is 1. The van der Waals surface area contributed by atoms with E-state index in [2.05, 4.69) is 5.32 Å². The van der Waals surface area contributed by atoms with E-state index < -0.39 is 0 Å². The third kappa shape index (κ3) is 1.48. The van der Waals surface area contributed by atoms with Crippen LogP contribution in [-0.2, 0) is 0 Å². The van der Waals surface area contributed by atoms with Gasteiger partial charge in [-0.15, -0.1) is 0 Å². The fraction of sp³-hybridized carbons (Fsp3) is 0.182. The molecule has 0 radical (unpaired) electrons. The maximum atomic E-state index is 13.0. The molecule has 15 heavy (non-hydrogen) atoms.